The molecule has 4 nitrogen and oxygen atoms in total. The largest absolute Gasteiger partial charge is 0.348 e. The van der Waals surface area contributed by atoms with Crippen LogP contribution < -0.4 is 5.32 Å². The maximum absolute atomic E-state index is 12.9. The minimum Gasteiger partial charge on any atom is -0.348 e. The van der Waals surface area contributed by atoms with Crippen molar-refractivity contribution in [2.24, 2.45) is 0 Å². The fraction of sp³-hybridized carbons (Fsp3) is 0.273. The van der Waals surface area contributed by atoms with Crippen LogP contribution in [0.4, 0.5) is 0 Å². The van der Waals surface area contributed by atoms with E-state index in [0.717, 1.165) is 34.5 Å². The number of aromatic nitrogens is 2. The van der Waals surface area contributed by atoms with Crippen molar-refractivity contribution in [1.82, 2.24) is 15.1 Å². The lowest BCUT2D eigenvalue weighted by molar-refractivity contribution is 0.0931. The summed E-state index contributed by atoms with van der Waals surface area (Å²) in [5.74, 6) is -0.102. The molecule has 0 aliphatic rings. The van der Waals surface area contributed by atoms with Crippen LogP contribution in [0, 0.1) is 13.8 Å². The van der Waals surface area contributed by atoms with Gasteiger partial charge >= 0.3 is 0 Å². The van der Waals surface area contributed by atoms with Crippen LogP contribution in [0.15, 0.2) is 54.6 Å². The summed E-state index contributed by atoms with van der Waals surface area (Å²) in [6, 6.07) is 18.1. The molecule has 0 saturated carbocycles. The summed E-state index contributed by atoms with van der Waals surface area (Å²) in [7, 11) is 0. The first-order chi connectivity index (χ1) is 12.5. The predicted octanol–water partition coefficient (Wildman–Crippen LogP) is 4.68. The molecule has 0 aliphatic carbocycles. The molecule has 1 aromatic heterocycles. The summed E-state index contributed by atoms with van der Waals surface area (Å²) in [6.45, 7) is 8.15. The minimum absolute atomic E-state index is 0.102. The first-order valence-electron chi connectivity index (χ1n) is 9.03. The van der Waals surface area contributed by atoms with Gasteiger partial charge in [0.15, 0.2) is 0 Å². The molecule has 0 bridgehead atoms. The van der Waals surface area contributed by atoms with E-state index in [1.165, 1.54) is 0 Å². The van der Waals surface area contributed by atoms with Gasteiger partial charge in [-0.1, -0.05) is 49.4 Å². The molecule has 134 valence electrons. The molecule has 3 aromatic rings. The van der Waals surface area contributed by atoms with E-state index in [0.29, 0.717) is 5.69 Å². The second-order valence-corrected chi connectivity index (χ2v) is 6.77. The zero-order valence-electron chi connectivity index (χ0n) is 15.8. The molecule has 0 radical (unpaired) electrons. The van der Waals surface area contributed by atoms with Gasteiger partial charge in [-0.05, 0) is 50.5 Å². The molecule has 1 amide bonds. The van der Waals surface area contributed by atoms with E-state index in [4.69, 9.17) is 5.10 Å². The van der Waals surface area contributed by atoms with E-state index in [1.54, 1.807) is 4.68 Å². The Morgan fingerprint density at radius 1 is 1.12 bits per heavy atom. The van der Waals surface area contributed by atoms with Gasteiger partial charge in [0.25, 0.3) is 5.91 Å². The summed E-state index contributed by atoms with van der Waals surface area (Å²) < 4.78 is 1.77. The number of nitrogens with one attached hydrogen (secondary N) is 1. The third kappa shape index (κ3) is 3.69. The summed E-state index contributed by atoms with van der Waals surface area (Å²) in [5, 5.41) is 7.82. The molecule has 3 rings (SSSR count). The molecule has 1 heterocycles. The number of nitrogens with zero attached hydrogens (tertiary/aromatic N) is 2. The maximum atomic E-state index is 12.9. The smallest absolute Gasteiger partial charge is 0.270 e. The maximum Gasteiger partial charge on any atom is 0.270 e. The number of carbonyl (C=O) groups excluding carboxylic acids is 1. The molecule has 0 unspecified atom stereocenters. The van der Waals surface area contributed by atoms with Gasteiger partial charge < -0.3 is 5.32 Å². The van der Waals surface area contributed by atoms with Gasteiger partial charge in [-0.25, -0.2) is 4.68 Å². The van der Waals surface area contributed by atoms with Crippen molar-refractivity contribution >= 4 is 5.91 Å². The molecule has 26 heavy (non-hydrogen) atoms. The number of hydrogen-bond donors (Lipinski definition) is 1. The van der Waals surface area contributed by atoms with Crippen molar-refractivity contribution < 1.29 is 4.79 Å². The van der Waals surface area contributed by atoms with Crippen LogP contribution in [0.2, 0.25) is 0 Å². The number of hydrogen-bond acceptors (Lipinski definition) is 2. The Balaban J connectivity index is 2.13. The number of rotatable bonds is 5. The molecule has 0 saturated heterocycles. The van der Waals surface area contributed by atoms with Crippen molar-refractivity contribution in [2.45, 2.75) is 40.2 Å². The lowest BCUT2D eigenvalue weighted by atomic mass is 10.1. The lowest BCUT2D eigenvalue weighted by Gasteiger charge is -2.14. The van der Waals surface area contributed by atoms with Crippen LogP contribution in [-0.4, -0.2) is 21.7 Å². The quantitative estimate of drug-likeness (QED) is 0.728. The second kappa shape index (κ2) is 7.56. The Labute approximate surface area is 154 Å². The molecule has 2 aromatic carbocycles. The minimum atomic E-state index is -0.102. The zero-order chi connectivity index (χ0) is 18.7. The van der Waals surface area contributed by atoms with E-state index in [2.05, 4.69) is 30.4 Å². The average molecular weight is 347 g/mol. The highest BCUT2D eigenvalue weighted by molar-refractivity contribution is 5.94. The van der Waals surface area contributed by atoms with Gasteiger partial charge in [-0.3, -0.25) is 4.79 Å². The average Bonchev–Trinajstić information content (AvgIpc) is 3.09. The molecular formula is C22H25N3O. The fourth-order valence-electron chi connectivity index (χ4n) is 2.82. The number of carbonyl (C=O) groups is 1. The zero-order valence-corrected chi connectivity index (χ0v) is 15.8. The Morgan fingerprint density at radius 3 is 2.54 bits per heavy atom. The van der Waals surface area contributed by atoms with Crippen LogP contribution in [0.3, 0.4) is 0 Å². The van der Waals surface area contributed by atoms with Gasteiger partial charge in [0.2, 0.25) is 0 Å². The molecule has 1 N–H and O–H groups in total. The number of amides is 1. The summed E-state index contributed by atoms with van der Waals surface area (Å²) in [4.78, 5) is 12.9. The molecular weight excluding hydrogens is 322 g/mol. The summed E-state index contributed by atoms with van der Waals surface area (Å²) in [5.41, 5.74) is 5.49. The SMILES string of the molecule is CC[C@@H](C)NC(=O)c1cc(-c2ccccc2)nn1-c1cc(C)ccc1C. The molecule has 0 fully saturated rings. The molecule has 1 atom stereocenters. The number of aryl methyl sites for hydroxylation is 2. The fourth-order valence-corrected chi connectivity index (χ4v) is 2.82. The van der Waals surface area contributed by atoms with Crippen molar-refractivity contribution in [3.05, 3.63) is 71.4 Å². The van der Waals surface area contributed by atoms with Gasteiger partial charge in [-0.2, -0.15) is 5.10 Å². The van der Waals surface area contributed by atoms with Crippen molar-refractivity contribution in [3.8, 4) is 16.9 Å². The van der Waals surface area contributed by atoms with Crippen LogP contribution in [0.1, 0.15) is 41.9 Å². The number of benzene rings is 2. The van der Waals surface area contributed by atoms with E-state index < -0.39 is 0 Å². The summed E-state index contributed by atoms with van der Waals surface area (Å²) >= 11 is 0. The van der Waals surface area contributed by atoms with E-state index in [-0.39, 0.29) is 11.9 Å². The van der Waals surface area contributed by atoms with Crippen molar-refractivity contribution in [2.75, 3.05) is 0 Å². The lowest BCUT2D eigenvalue weighted by Crippen LogP contribution is -2.33. The standard InChI is InChI=1S/C22H25N3O/c1-5-17(4)23-22(26)21-14-19(18-9-7-6-8-10-18)24-25(21)20-13-15(2)11-12-16(20)3/h6-14,17H,5H2,1-4H3,(H,23,26)/t17-/m1/s1. The Hall–Kier alpha value is -2.88. The third-order valence-electron chi connectivity index (χ3n) is 4.59. The van der Waals surface area contributed by atoms with Crippen molar-refractivity contribution in [1.29, 1.82) is 0 Å². The van der Waals surface area contributed by atoms with Gasteiger partial charge in [-0.15, -0.1) is 0 Å². The van der Waals surface area contributed by atoms with Crippen LogP contribution >= 0.6 is 0 Å². The van der Waals surface area contributed by atoms with Gasteiger partial charge in [0.1, 0.15) is 5.69 Å². The van der Waals surface area contributed by atoms with Crippen LogP contribution in [0.5, 0.6) is 0 Å². The highest BCUT2D eigenvalue weighted by Crippen LogP contribution is 2.24. The van der Waals surface area contributed by atoms with Crippen molar-refractivity contribution in [3.63, 3.8) is 0 Å². The van der Waals surface area contributed by atoms with E-state index >= 15 is 0 Å². The first-order valence-corrected chi connectivity index (χ1v) is 9.03. The Morgan fingerprint density at radius 2 is 1.85 bits per heavy atom. The first kappa shape index (κ1) is 17.9. The van der Waals surface area contributed by atoms with E-state index in [1.807, 2.05) is 57.2 Å². The Bertz CT molecular complexity index is 912. The predicted molar refractivity (Wildman–Crippen MR) is 106 cm³/mol. The molecule has 4 heteroatoms. The van der Waals surface area contributed by atoms with Crippen LogP contribution in [0.25, 0.3) is 16.9 Å². The Kier molecular flexibility index (Phi) is 5.21. The monoisotopic (exact) mass is 347 g/mol. The second-order valence-electron chi connectivity index (χ2n) is 6.77. The highest BCUT2D eigenvalue weighted by Gasteiger charge is 2.19. The van der Waals surface area contributed by atoms with Crippen LogP contribution in [-0.2, 0) is 0 Å². The topological polar surface area (TPSA) is 46.9 Å². The normalized spacial score (nSPS) is 12.0. The summed E-state index contributed by atoms with van der Waals surface area (Å²) in [6.07, 6.45) is 0.884. The highest BCUT2D eigenvalue weighted by atomic mass is 16.2. The van der Waals surface area contributed by atoms with Gasteiger partial charge in [0.05, 0.1) is 11.4 Å². The van der Waals surface area contributed by atoms with Gasteiger partial charge in [0, 0.05) is 11.6 Å². The molecule has 0 aliphatic heterocycles. The third-order valence-corrected chi connectivity index (χ3v) is 4.59. The van der Waals surface area contributed by atoms with E-state index in [9.17, 15) is 4.79 Å². The molecule has 0 spiro atoms.